The molecule has 1 N–H and O–H groups in total. The second-order valence-corrected chi connectivity index (χ2v) is 7.24. The van der Waals surface area contributed by atoms with Crippen LogP contribution in [0.4, 0.5) is 0 Å². The number of aromatic nitrogens is 2. The lowest BCUT2D eigenvalue weighted by Crippen LogP contribution is -2.53. The summed E-state index contributed by atoms with van der Waals surface area (Å²) in [5.41, 5.74) is -0.645. The topological polar surface area (TPSA) is 84.7 Å². The van der Waals surface area contributed by atoms with Gasteiger partial charge in [-0.25, -0.2) is 4.68 Å². The van der Waals surface area contributed by atoms with Crippen molar-refractivity contribution in [1.29, 1.82) is 0 Å². The molecular weight excluding hydrogens is 334 g/mol. The summed E-state index contributed by atoms with van der Waals surface area (Å²) in [6.07, 6.45) is 3.90. The van der Waals surface area contributed by atoms with Crippen molar-refractivity contribution in [2.75, 3.05) is 13.7 Å². The number of aliphatic hydroxyl groups excluding tert-OH is 1. The van der Waals surface area contributed by atoms with Crippen LogP contribution >= 0.6 is 0 Å². The van der Waals surface area contributed by atoms with E-state index in [1.165, 1.54) is 4.68 Å². The number of hydrogen-bond acceptors (Lipinski definition) is 5. The van der Waals surface area contributed by atoms with Crippen molar-refractivity contribution in [2.45, 2.75) is 50.0 Å². The van der Waals surface area contributed by atoms with Gasteiger partial charge in [0.05, 0.1) is 29.3 Å². The van der Waals surface area contributed by atoms with Gasteiger partial charge in [0, 0.05) is 19.0 Å². The number of rotatable bonds is 3. The van der Waals surface area contributed by atoms with Gasteiger partial charge in [-0.15, -0.1) is 0 Å². The zero-order valence-corrected chi connectivity index (χ0v) is 14.8. The monoisotopic (exact) mass is 357 g/mol. The van der Waals surface area contributed by atoms with Crippen molar-refractivity contribution in [2.24, 2.45) is 0 Å². The standard InChI is InChI=1S/C19H23N3O4/c1-26-19-7-6-14(23)10-16(19)21(9-8-19)17(24)12-22-18(25)15-5-3-2-4-13(15)11-20-22/h2-5,11,14,16,23H,6-10,12H2,1H3/t14-,16-,19+/m1/s1. The van der Waals surface area contributed by atoms with Crippen molar-refractivity contribution in [3.8, 4) is 0 Å². The molecule has 0 radical (unpaired) electrons. The lowest BCUT2D eigenvalue weighted by Gasteiger charge is -2.42. The largest absolute Gasteiger partial charge is 0.393 e. The zero-order valence-electron chi connectivity index (χ0n) is 14.8. The first-order chi connectivity index (χ1) is 12.5. The summed E-state index contributed by atoms with van der Waals surface area (Å²) in [6.45, 7) is 0.475. The van der Waals surface area contributed by atoms with Crippen molar-refractivity contribution in [1.82, 2.24) is 14.7 Å². The SMILES string of the molecule is CO[C@]12CC[C@@H](O)C[C@H]1N(C(=O)Cn1ncc3ccccc3c1=O)CC2. The predicted molar refractivity (Wildman–Crippen MR) is 95.7 cm³/mol. The lowest BCUT2D eigenvalue weighted by atomic mass is 9.79. The van der Waals surface area contributed by atoms with E-state index in [2.05, 4.69) is 5.10 Å². The van der Waals surface area contributed by atoms with Gasteiger partial charge < -0.3 is 14.7 Å². The normalized spacial score (nSPS) is 28.3. The van der Waals surface area contributed by atoms with Crippen molar-refractivity contribution < 1.29 is 14.6 Å². The predicted octanol–water partition coefficient (Wildman–Crippen LogP) is 0.927. The highest BCUT2D eigenvalue weighted by molar-refractivity contribution is 5.81. The van der Waals surface area contributed by atoms with Crippen LogP contribution in [-0.4, -0.2) is 57.1 Å². The van der Waals surface area contributed by atoms with Crippen LogP contribution in [0.25, 0.3) is 10.8 Å². The fraction of sp³-hybridized carbons (Fsp3) is 0.526. The fourth-order valence-electron chi connectivity index (χ4n) is 4.43. The first-order valence-electron chi connectivity index (χ1n) is 9.01. The first-order valence-corrected chi connectivity index (χ1v) is 9.01. The van der Waals surface area contributed by atoms with Crippen molar-refractivity contribution in [3.05, 3.63) is 40.8 Å². The van der Waals surface area contributed by atoms with E-state index >= 15 is 0 Å². The molecule has 0 unspecified atom stereocenters. The minimum Gasteiger partial charge on any atom is -0.393 e. The van der Waals surface area contributed by atoms with Gasteiger partial charge in [-0.1, -0.05) is 18.2 Å². The molecule has 1 saturated heterocycles. The Bertz CT molecular complexity index is 896. The van der Waals surface area contributed by atoms with Gasteiger partial charge in [0.1, 0.15) is 6.54 Å². The Kier molecular flexibility index (Phi) is 4.28. The second-order valence-electron chi connectivity index (χ2n) is 7.24. The molecule has 1 aliphatic carbocycles. The summed E-state index contributed by atoms with van der Waals surface area (Å²) in [7, 11) is 1.67. The molecule has 2 heterocycles. The number of fused-ring (bicyclic) bond motifs is 2. The maximum atomic E-state index is 12.9. The van der Waals surface area contributed by atoms with Crippen LogP contribution in [0.2, 0.25) is 0 Å². The number of nitrogens with zero attached hydrogens (tertiary/aromatic N) is 3. The van der Waals surface area contributed by atoms with Crippen molar-refractivity contribution in [3.63, 3.8) is 0 Å². The summed E-state index contributed by atoms with van der Waals surface area (Å²) in [6, 6.07) is 7.06. The van der Waals surface area contributed by atoms with E-state index in [9.17, 15) is 14.7 Å². The van der Waals surface area contributed by atoms with E-state index in [1.807, 2.05) is 12.1 Å². The minimum atomic E-state index is -0.418. The molecular formula is C19H23N3O4. The maximum absolute atomic E-state index is 12.9. The number of ether oxygens (including phenoxy) is 1. The average Bonchev–Trinajstić information content (AvgIpc) is 3.03. The summed E-state index contributed by atoms with van der Waals surface area (Å²) < 4.78 is 6.99. The summed E-state index contributed by atoms with van der Waals surface area (Å²) in [4.78, 5) is 27.3. The molecule has 26 heavy (non-hydrogen) atoms. The molecule has 7 heteroatoms. The Morgan fingerprint density at radius 2 is 2.19 bits per heavy atom. The maximum Gasteiger partial charge on any atom is 0.275 e. The highest BCUT2D eigenvalue weighted by Gasteiger charge is 2.52. The molecule has 0 spiro atoms. The van der Waals surface area contributed by atoms with Gasteiger partial charge in [0.15, 0.2) is 0 Å². The van der Waals surface area contributed by atoms with E-state index in [4.69, 9.17) is 4.74 Å². The molecule has 2 fully saturated rings. The van der Waals surface area contributed by atoms with E-state index in [1.54, 1.807) is 30.3 Å². The highest BCUT2D eigenvalue weighted by Crippen LogP contribution is 2.42. The van der Waals surface area contributed by atoms with Gasteiger partial charge >= 0.3 is 0 Å². The van der Waals surface area contributed by atoms with Crippen LogP contribution in [0.1, 0.15) is 25.7 Å². The lowest BCUT2D eigenvalue weighted by molar-refractivity contribution is -0.140. The molecule has 1 amide bonds. The number of amides is 1. The Labute approximate surface area is 151 Å². The van der Waals surface area contributed by atoms with Gasteiger partial charge in [-0.05, 0) is 31.7 Å². The number of methoxy groups -OCH3 is 1. The smallest absolute Gasteiger partial charge is 0.275 e. The molecule has 3 atom stereocenters. The molecule has 1 aliphatic heterocycles. The Hall–Kier alpha value is -2.25. The van der Waals surface area contributed by atoms with Crippen LogP contribution in [0.5, 0.6) is 0 Å². The average molecular weight is 357 g/mol. The van der Waals surface area contributed by atoms with Crippen LogP contribution in [-0.2, 0) is 16.1 Å². The summed E-state index contributed by atoms with van der Waals surface area (Å²) >= 11 is 0. The third-order valence-electron chi connectivity index (χ3n) is 5.93. The number of hydrogen-bond donors (Lipinski definition) is 1. The number of carbonyl (C=O) groups is 1. The fourth-order valence-corrected chi connectivity index (χ4v) is 4.43. The molecule has 2 aromatic rings. The number of aliphatic hydroxyl groups is 1. The van der Waals surface area contributed by atoms with Crippen LogP contribution in [0, 0.1) is 0 Å². The molecule has 1 aromatic heterocycles. The third-order valence-corrected chi connectivity index (χ3v) is 5.93. The summed E-state index contributed by atoms with van der Waals surface area (Å²) in [5.74, 6) is -0.159. The molecule has 1 aromatic carbocycles. The summed E-state index contributed by atoms with van der Waals surface area (Å²) in [5, 5.41) is 15.5. The van der Waals surface area contributed by atoms with Gasteiger partial charge in [-0.3, -0.25) is 9.59 Å². The van der Waals surface area contributed by atoms with Gasteiger partial charge in [0.2, 0.25) is 5.91 Å². The Morgan fingerprint density at radius 1 is 1.38 bits per heavy atom. The van der Waals surface area contributed by atoms with Gasteiger partial charge in [0.25, 0.3) is 5.56 Å². The molecule has 4 rings (SSSR count). The molecule has 2 aliphatic rings. The number of likely N-dealkylation sites (tertiary alicyclic amines) is 1. The van der Waals surface area contributed by atoms with E-state index in [0.717, 1.165) is 18.2 Å². The number of carbonyl (C=O) groups excluding carboxylic acids is 1. The van der Waals surface area contributed by atoms with Crippen LogP contribution in [0.3, 0.4) is 0 Å². The van der Waals surface area contributed by atoms with Crippen LogP contribution < -0.4 is 5.56 Å². The Balaban J connectivity index is 1.59. The first kappa shape index (κ1) is 17.2. The third kappa shape index (κ3) is 2.71. The molecule has 138 valence electrons. The van der Waals surface area contributed by atoms with Crippen molar-refractivity contribution >= 4 is 16.7 Å². The second kappa shape index (κ2) is 6.48. The molecule has 7 nitrogen and oxygen atoms in total. The Morgan fingerprint density at radius 3 is 3.00 bits per heavy atom. The van der Waals surface area contributed by atoms with E-state index < -0.39 is 6.10 Å². The van der Waals surface area contributed by atoms with E-state index in [0.29, 0.717) is 24.8 Å². The molecule has 0 bridgehead atoms. The quantitative estimate of drug-likeness (QED) is 0.883. The van der Waals surface area contributed by atoms with Crippen LogP contribution in [0.15, 0.2) is 35.3 Å². The zero-order chi connectivity index (χ0) is 18.3. The number of benzene rings is 1. The van der Waals surface area contributed by atoms with E-state index in [-0.39, 0.29) is 29.7 Å². The van der Waals surface area contributed by atoms with Gasteiger partial charge in [-0.2, -0.15) is 5.10 Å². The minimum absolute atomic E-state index is 0.101. The molecule has 1 saturated carbocycles. The highest BCUT2D eigenvalue weighted by atomic mass is 16.5.